The van der Waals surface area contributed by atoms with Crippen LogP contribution in [-0.2, 0) is 23.3 Å². The molecule has 1 N–H and O–H groups in total. The molecule has 0 spiro atoms. The third-order valence-electron chi connectivity index (χ3n) is 5.03. The molecule has 2 aromatic rings. The number of fused-ring (bicyclic) bond motifs is 1. The Morgan fingerprint density at radius 3 is 2.83 bits per heavy atom. The second kappa shape index (κ2) is 6.26. The molecule has 0 bridgehead atoms. The zero-order valence-electron chi connectivity index (χ0n) is 13.7. The summed E-state index contributed by atoms with van der Waals surface area (Å²) in [6.45, 7) is 9.31. The molecule has 2 heterocycles. The smallest absolute Gasteiger partial charge is 0.278 e. The first-order chi connectivity index (χ1) is 11.8. The molecule has 4 rings (SSSR count). The Morgan fingerprint density at radius 2 is 2.04 bits per heavy atom. The summed E-state index contributed by atoms with van der Waals surface area (Å²) in [5.41, 5.74) is 3.83. The highest BCUT2D eigenvalue weighted by Crippen LogP contribution is 2.46. The minimum Gasteiger partial charge on any atom is -0.384 e. The SMILES string of the molecule is [C-]#[N+]C1(c2ccc3c(n2)CCCN3)CC(OCc2ccccc2)C1. The van der Waals surface area contributed by atoms with Gasteiger partial charge in [0.1, 0.15) is 5.69 Å². The molecule has 1 aliphatic carbocycles. The molecule has 1 saturated carbocycles. The second-order valence-electron chi connectivity index (χ2n) is 6.69. The van der Waals surface area contributed by atoms with Crippen LogP contribution in [0.4, 0.5) is 5.69 Å². The van der Waals surface area contributed by atoms with Gasteiger partial charge in [0.2, 0.25) is 0 Å². The largest absolute Gasteiger partial charge is 0.384 e. The van der Waals surface area contributed by atoms with E-state index in [4.69, 9.17) is 16.3 Å². The number of hydrogen-bond acceptors (Lipinski definition) is 3. The number of aryl methyl sites for hydroxylation is 1. The minimum absolute atomic E-state index is 0.148. The van der Waals surface area contributed by atoms with Crippen molar-refractivity contribution in [3.63, 3.8) is 0 Å². The van der Waals surface area contributed by atoms with E-state index in [2.05, 4.69) is 28.4 Å². The number of hydrogen-bond donors (Lipinski definition) is 1. The molecule has 0 atom stereocenters. The summed E-state index contributed by atoms with van der Waals surface area (Å²) < 4.78 is 5.97. The van der Waals surface area contributed by atoms with E-state index in [1.54, 1.807) is 0 Å². The molecule has 122 valence electrons. The lowest BCUT2D eigenvalue weighted by Gasteiger charge is -2.37. The van der Waals surface area contributed by atoms with Gasteiger partial charge < -0.3 is 14.9 Å². The molecule has 0 radical (unpaired) electrons. The van der Waals surface area contributed by atoms with E-state index in [0.29, 0.717) is 6.61 Å². The van der Waals surface area contributed by atoms with Gasteiger partial charge in [-0.25, -0.2) is 11.6 Å². The standard InChI is InChI=1S/C20H21N3O/c1-21-20(19-10-9-17-18(23-19)8-5-11-22-17)12-16(13-20)24-14-15-6-3-2-4-7-15/h2-4,6-7,9-10,16,22H,5,8,11-14H2. The molecular formula is C20H21N3O. The molecule has 0 unspecified atom stereocenters. The summed E-state index contributed by atoms with van der Waals surface area (Å²) in [4.78, 5) is 8.74. The molecule has 1 fully saturated rings. The van der Waals surface area contributed by atoms with Crippen LogP contribution in [0.2, 0.25) is 0 Å². The lowest BCUT2D eigenvalue weighted by atomic mass is 9.72. The number of ether oxygens (including phenoxy) is 1. The summed E-state index contributed by atoms with van der Waals surface area (Å²) in [5.74, 6) is 0. The molecule has 1 aliphatic heterocycles. The van der Waals surface area contributed by atoms with Crippen LogP contribution in [0.1, 0.15) is 36.2 Å². The lowest BCUT2D eigenvalue weighted by molar-refractivity contribution is -0.0431. The molecule has 24 heavy (non-hydrogen) atoms. The normalized spacial score (nSPS) is 25.0. The molecule has 4 heteroatoms. The van der Waals surface area contributed by atoms with Gasteiger partial charge in [-0.3, -0.25) is 0 Å². The van der Waals surface area contributed by atoms with Crippen molar-refractivity contribution in [2.24, 2.45) is 0 Å². The fourth-order valence-electron chi connectivity index (χ4n) is 3.55. The van der Waals surface area contributed by atoms with Gasteiger partial charge in [0.05, 0.1) is 36.9 Å². The Morgan fingerprint density at radius 1 is 1.21 bits per heavy atom. The van der Waals surface area contributed by atoms with Gasteiger partial charge in [0.25, 0.3) is 5.54 Å². The number of rotatable bonds is 4. The van der Waals surface area contributed by atoms with Crippen LogP contribution >= 0.6 is 0 Å². The van der Waals surface area contributed by atoms with Crippen LogP contribution in [0.25, 0.3) is 4.85 Å². The van der Waals surface area contributed by atoms with Crippen LogP contribution < -0.4 is 5.32 Å². The number of anilines is 1. The van der Waals surface area contributed by atoms with Gasteiger partial charge in [-0.1, -0.05) is 30.3 Å². The summed E-state index contributed by atoms with van der Waals surface area (Å²) >= 11 is 0. The van der Waals surface area contributed by atoms with Gasteiger partial charge >= 0.3 is 0 Å². The van der Waals surface area contributed by atoms with E-state index >= 15 is 0 Å². The first kappa shape index (κ1) is 15.2. The average Bonchev–Trinajstić information content (AvgIpc) is 2.61. The maximum Gasteiger partial charge on any atom is 0.278 e. The van der Waals surface area contributed by atoms with Crippen molar-refractivity contribution in [1.82, 2.24) is 4.98 Å². The number of benzene rings is 1. The molecule has 1 aromatic carbocycles. The fraction of sp³-hybridized carbons (Fsp3) is 0.400. The van der Waals surface area contributed by atoms with E-state index in [1.807, 2.05) is 24.3 Å². The zero-order valence-corrected chi connectivity index (χ0v) is 13.7. The first-order valence-corrected chi connectivity index (χ1v) is 8.57. The maximum atomic E-state index is 7.69. The van der Waals surface area contributed by atoms with Crippen molar-refractivity contribution < 1.29 is 4.74 Å². The molecule has 0 amide bonds. The van der Waals surface area contributed by atoms with Crippen molar-refractivity contribution in [2.75, 3.05) is 11.9 Å². The Kier molecular flexibility index (Phi) is 3.95. The molecule has 4 nitrogen and oxygen atoms in total. The van der Waals surface area contributed by atoms with E-state index in [9.17, 15) is 0 Å². The molecule has 0 saturated heterocycles. The molecular weight excluding hydrogens is 298 g/mol. The van der Waals surface area contributed by atoms with Crippen LogP contribution in [0.15, 0.2) is 42.5 Å². The van der Waals surface area contributed by atoms with E-state index in [0.717, 1.165) is 49.3 Å². The van der Waals surface area contributed by atoms with E-state index < -0.39 is 5.54 Å². The summed E-state index contributed by atoms with van der Waals surface area (Å²) in [5, 5.41) is 3.38. The predicted octanol–water partition coefficient (Wildman–Crippen LogP) is 3.93. The van der Waals surface area contributed by atoms with Gasteiger partial charge in [-0.05, 0) is 30.5 Å². The number of nitrogens with zero attached hydrogens (tertiary/aromatic N) is 2. The number of nitrogens with one attached hydrogen (secondary N) is 1. The third-order valence-corrected chi connectivity index (χ3v) is 5.03. The van der Waals surface area contributed by atoms with E-state index in [1.165, 1.54) is 5.56 Å². The monoisotopic (exact) mass is 319 g/mol. The topological polar surface area (TPSA) is 38.5 Å². The second-order valence-corrected chi connectivity index (χ2v) is 6.69. The van der Waals surface area contributed by atoms with Gasteiger partial charge in [-0.15, -0.1) is 0 Å². The zero-order chi connectivity index (χ0) is 16.4. The number of aromatic nitrogens is 1. The highest BCUT2D eigenvalue weighted by molar-refractivity contribution is 5.51. The molecule has 2 aliphatic rings. The summed E-state index contributed by atoms with van der Waals surface area (Å²) in [7, 11) is 0. The van der Waals surface area contributed by atoms with Crippen molar-refractivity contribution in [3.8, 4) is 0 Å². The Labute approximate surface area is 142 Å². The highest BCUT2D eigenvalue weighted by Gasteiger charge is 2.54. The number of pyridine rings is 1. The fourth-order valence-corrected chi connectivity index (χ4v) is 3.55. The Balaban J connectivity index is 1.43. The van der Waals surface area contributed by atoms with Crippen molar-refractivity contribution in [1.29, 1.82) is 0 Å². The van der Waals surface area contributed by atoms with Crippen LogP contribution in [-0.4, -0.2) is 17.6 Å². The van der Waals surface area contributed by atoms with Crippen LogP contribution in [0, 0.1) is 6.57 Å². The van der Waals surface area contributed by atoms with E-state index in [-0.39, 0.29) is 6.10 Å². The summed E-state index contributed by atoms with van der Waals surface area (Å²) in [6.07, 6.45) is 3.73. The average molecular weight is 319 g/mol. The molecule has 1 aromatic heterocycles. The third kappa shape index (κ3) is 2.76. The summed E-state index contributed by atoms with van der Waals surface area (Å²) in [6, 6.07) is 14.3. The van der Waals surface area contributed by atoms with Crippen molar-refractivity contribution >= 4 is 5.69 Å². The quantitative estimate of drug-likeness (QED) is 0.868. The maximum absolute atomic E-state index is 7.69. The minimum atomic E-state index is -0.492. The van der Waals surface area contributed by atoms with Crippen LogP contribution in [0.5, 0.6) is 0 Å². The van der Waals surface area contributed by atoms with Gasteiger partial charge in [0, 0.05) is 6.54 Å². The Bertz CT molecular complexity index is 760. The Hall–Kier alpha value is -2.38. The highest BCUT2D eigenvalue weighted by atomic mass is 16.5. The van der Waals surface area contributed by atoms with Crippen molar-refractivity contribution in [2.45, 2.75) is 43.9 Å². The van der Waals surface area contributed by atoms with Crippen LogP contribution in [0.3, 0.4) is 0 Å². The van der Waals surface area contributed by atoms with Gasteiger partial charge in [-0.2, -0.15) is 0 Å². The predicted molar refractivity (Wildman–Crippen MR) is 93.6 cm³/mol. The first-order valence-electron chi connectivity index (χ1n) is 8.57. The van der Waals surface area contributed by atoms with Gasteiger partial charge in [0.15, 0.2) is 0 Å². The van der Waals surface area contributed by atoms with Crippen molar-refractivity contribution in [3.05, 3.63) is 70.8 Å². The lowest BCUT2D eigenvalue weighted by Crippen LogP contribution is -2.44.